The van der Waals surface area contributed by atoms with Crippen molar-refractivity contribution in [3.8, 4) is 11.3 Å². The van der Waals surface area contributed by atoms with Gasteiger partial charge in [-0.05, 0) is 36.4 Å². The van der Waals surface area contributed by atoms with Crippen LogP contribution in [0.3, 0.4) is 0 Å². The van der Waals surface area contributed by atoms with Crippen LogP contribution in [0.2, 0.25) is 0 Å². The highest BCUT2D eigenvalue weighted by atomic mass is 32.1. The van der Waals surface area contributed by atoms with Gasteiger partial charge >= 0.3 is 0 Å². The van der Waals surface area contributed by atoms with Crippen molar-refractivity contribution in [2.24, 2.45) is 0 Å². The van der Waals surface area contributed by atoms with E-state index in [2.05, 4.69) is 20.6 Å². The largest absolute Gasteiger partial charge is 0.459 e. The van der Waals surface area contributed by atoms with Crippen molar-refractivity contribution in [3.05, 3.63) is 76.1 Å². The number of anilines is 1. The van der Waals surface area contributed by atoms with Crippen molar-refractivity contribution in [2.45, 2.75) is 6.54 Å². The molecule has 0 spiro atoms. The molecule has 9 heteroatoms. The van der Waals surface area contributed by atoms with Crippen LogP contribution in [0.1, 0.15) is 25.2 Å². The normalized spacial score (nSPS) is 10.6. The number of nitrogens with zero attached hydrogens (tertiary/aromatic N) is 2. The number of hydrogen-bond acceptors (Lipinski definition) is 7. The van der Waals surface area contributed by atoms with Gasteiger partial charge in [-0.3, -0.25) is 14.6 Å². The fraction of sp³-hybridized carbons (Fsp3) is 0.0526. The van der Waals surface area contributed by atoms with Gasteiger partial charge in [-0.15, -0.1) is 22.7 Å². The molecule has 7 nitrogen and oxygen atoms in total. The molecule has 0 saturated heterocycles. The minimum absolute atomic E-state index is 0.216. The lowest BCUT2D eigenvalue weighted by Gasteiger charge is -2.01. The molecule has 140 valence electrons. The summed E-state index contributed by atoms with van der Waals surface area (Å²) in [4.78, 5) is 33.4. The van der Waals surface area contributed by atoms with E-state index in [-0.39, 0.29) is 17.6 Å². The zero-order valence-electron chi connectivity index (χ0n) is 14.4. The first-order valence-electron chi connectivity index (χ1n) is 8.27. The van der Waals surface area contributed by atoms with E-state index in [1.807, 2.05) is 17.5 Å². The van der Waals surface area contributed by atoms with Crippen molar-refractivity contribution in [1.29, 1.82) is 0 Å². The summed E-state index contributed by atoms with van der Waals surface area (Å²) < 4.78 is 5.05. The number of nitrogens with one attached hydrogen (secondary N) is 2. The molecule has 0 bridgehead atoms. The van der Waals surface area contributed by atoms with Crippen LogP contribution in [-0.4, -0.2) is 21.8 Å². The lowest BCUT2D eigenvalue weighted by atomic mass is 10.2. The second kappa shape index (κ2) is 8.15. The maximum absolute atomic E-state index is 12.4. The van der Waals surface area contributed by atoms with E-state index >= 15 is 0 Å². The first-order valence-corrected chi connectivity index (χ1v) is 9.96. The van der Waals surface area contributed by atoms with Crippen LogP contribution in [0.4, 0.5) is 5.00 Å². The third-order valence-corrected chi connectivity index (χ3v) is 5.59. The molecular weight excluding hydrogens is 396 g/mol. The van der Waals surface area contributed by atoms with Gasteiger partial charge in [0.05, 0.1) is 28.4 Å². The Morgan fingerprint density at radius 1 is 1.07 bits per heavy atom. The van der Waals surface area contributed by atoms with E-state index in [4.69, 9.17) is 4.42 Å². The lowest BCUT2D eigenvalue weighted by molar-refractivity contribution is 0.0953. The topological polar surface area (TPSA) is 97.1 Å². The average molecular weight is 410 g/mol. The highest BCUT2D eigenvalue weighted by Crippen LogP contribution is 2.24. The van der Waals surface area contributed by atoms with Crippen LogP contribution in [0, 0.1) is 0 Å². The number of amides is 2. The second-order valence-electron chi connectivity index (χ2n) is 5.64. The van der Waals surface area contributed by atoms with Gasteiger partial charge in [-0.2, -0.15) is 0 Å². The monoisotopic (exact) mass is 410 g/mol. The predicted octanol–water partition coefficient (Wildman–Crippen LogP) is 4.04. The molecule has 0 aliphatic carbocycles. The van der Waals surface area contributed by atoms with E-state index < -0.39 is 0 Å². The Labute approximate surface area is 168 Å². The third-order valence-electron chi connectivity index (χ3n) is 3.74. The number of furan rings is 1. The predicted molar refractivity (Wildman–Crippen MR) is 107 cm³/mol. The first kappa shape index (κ1) is 18.1. The zero-order valence-corrected chi connectivity index (χ0v) is 16.0. The van der Waals surface area contributed by atoms with Gasteiger partial charge in [0.1, 0.15) is 5.01 Å². The van der Waals surface area contributed by atoms with Crippen LogP contribution in [-0.2, 0) is 6.54 Å². The van der Waals surface area contributed by atoms with Gasteiger partial charge in [0, 0.05) is 23.3 Å². The maximum Gasteiger partial charge on any atom is 0.291 e. The molecule has 4 rings (SSSR count). The van der Waals surface area contributed by atoms with Gasteiger partial charge < -0.3 is 15.1 Å². The van der Waals surface area contributed by atoms with Gasteiger partial charge in [-0.25, -0.2) is 4.98 Å². The highest BCUT2D eigenvalue weighted by molar-refractivity contribution is 7.18. The van der Waals surface area contributed by atoms with Crippen molar-refractivity contribution in [1.82, 2.24) is 15.3 Å². The van der Waals surface area contributed by atoms with Crippen LogP contribution < -0.4 is 10.6 Å². The molecule has 0 aliphatic rings. The summed E-state index contributed by atoms with van der Waals surface area (Å²) in [6.07, 6.45) is 4.87. The van der Waals surface area contributed by atoms with Crippen molar-refractivity contribution in [3.63, 3.8) is 0 Å². The quantitative estimate of drug-likeness (QED) is 0.500. The standard InChI is InChI=1S/C19H14N4O3S2/c24-18(14-2-1-9-26-14)23-16-4-3-15(28-16)19(25)21-10-17-22-13(11-27-17)12-5-7-20-8-6-12/h1-9,11H,10H2,(H,21,25)(H,23,24). The number of hydrogen-bond donors (Lipinski definition) is 2. The summed E-state index contributed by atoms with van der Waals surface area (Å²) in [6, 6.07) is 10.3. The van der Waals surface area contributed by atoms with Crippen LogP contribution in [0.5, 0.6) is 0 Å². The molecular formula is C19H14N4O3S2. The molecule has 0 saturated carbocycles. The molecule has 0 radical (unpaired) electrons. The number of thiophene rings is 1. The number of carbonyl (C=O) groups excluding carboxylic acids is 2. The number of pyridine rings is 1. The molecule has 0 unspecified atom stereocenters. The summed E-state index contributed by atoms with van der Waals surface area (Å²) in [5.41, 5.74) is 1.84. The smallest absolute Gasteiger partial charge is 0.291 e. The summed E-state index contributed by atoms with van der Waals surface area (Å²) in [5, 5.41) is 8.88. The van der Waals surface area contributed by atoms with E-state index in [9.17, 15) is 9.59 Å². The minimum Gasteiger partial charge on any atom is -0.459 e. The Morgan fingerprint density at radius 2 is 1.93 bits per heavy atom. The summed E-state index contributed by atoms with van der Waals surface area (Å²) in [5.74, 6) is -0.359. The maximum atomic E-state index is 12.4. The Morgan fingerprint density at radius 3 is 2.71 bits per heavy atom. The fourth-order valence-corrected chi connectivity index (χ4v) is 3.96. The van der Waals surface area contributed by atoms with Gasteiger partial charge in [0.25, 0.3) is 11.8 Å². The number of rotatable bonds is 6. The molecule has 0 atom stereocenters. The third kappa shape index (κ3) is 4.16. The summed E-state index contributed by atoms with van der Waals surface area (Å²) in [6.45, 7) is 0.334. The van der Waals surface area contributed by atoms with Crippen LogP contribution in [0.15, 0.2) is 64.9 Å². The van der Waals surface area contributed by atoms with Crippen molar-refractivity contribution < 1.29 is 14.0 Å². The van der Waals surface area contributed by atoms with Crippen molar-refractivity contribution in [2.75, 3.05) is 5.32 Å². The van der Waals surface area contributed by atoms with Crippen LogP contribution >= 0.6 is 22.7 Å². The average Bonchev–Trinajstić information content (AvgIpc) is 3.48. The molecule has 2 amide bonds. The van der Waals surface area contributed by atoms with E-state index in [1.54, 1.807) is 36.7 Å². The highest BCUT2D eigenvalue weighted by Gasteiger charge is 2.14. The molecule has 2 N–H and O–H groups in total. The molecule has 4 aromatic rings. The Bertz CT molecular complexity index is 1090. The fourth-order valence-electron chi connectivity index (χ4n) is 2.40. The molecule has 0 aromatic carbocycles. The molecule has 4 aromatic heterocycles. The number of aromatic nitrogens is 2. The van der Waals surface area contributed by atoms with Gasteiger partial charge in [-0.1, -0.05) is 0 Å². The second-order valence-corrected chi connectivity index (χ2v) is 7.67. The molecule has 0 fully saturated rings. The van der Waals surface area contributed by atoms with Crippen LogP contribution in [0.25, 0.3) is 11.3 Å². The SMILES string of the molecule is O=C(Nc1ccc(C(=O)NCc2nc(-c3ccncc3)cs2)s1)c1ccco1. The zero-order chi connectivity index (χ0) is 19.3. The molecule has 4 heterocycles. The molecule has 28 heavy (non-hydrogen) atoms. The number of carbonyl (C=O) groups is 2. The summed E-state index contributed by atoms with van der Waals surface area (Å²) in [7, 11) is 0. The Hall–Kier alpha value is -3.30. The molecule has 0 aliphatic heterocycles. The Kier molecular flexibility index (Phi) is 5.27. The first-order chi connectivity index (χ1) is 13.7. The minimum atomic E-state index is -0.356. The van der Waals surface area contributed by atoms with Gasteiger partial charge in [0.2, 0.25) is 0 Å². The number of thiazole rings is 1. The van der Waals surface area contributed by atoms with E-state index in [1.165, 1.54) is 28.9 Å². The van der Waals surface area contributed by atoms with Gasteiger partial charge in [0.15, 0.2) is 5.76 Å². The van der Waals surface area contributed by atoms with Crippen molar-refractivity contribution >= 4 is 39.5 Å². The lowest BCUT2D eigenvalue weighted by Crippen LogP contribution is -2.21. The Balaban J connectivity index is 1.34. The van der Waals surface area contributed by atoms with E-state index in [0.717, 1.165) is 16.3 Å². The van der Waals surface area contributed by atoms with E-state index in [0.29, 0.717) is 16.4 Å². The summed E-state index contributed by atoms with van der Waals surface area (Å²) >= 11 is 2.68.